The van der Waals surface area contributed by atoms with Crippen LogP contribution in [0, 0.1) is 11.8 Å². The van der Waals surface area contributed by atoms with E-state index < -0.39 is 0 Å². The number of aliphatic hydroxyl groups is 1. The van der Waals surface area contributed by atoms with E-state index in [-0.39, 0.29) is 6.10 Å². The lowest BCUT2D eigenvalue weighted by Crippen LogP contribution is -2.29. The van der Waals surface area contributed by atoms with Gasteiger partial charge in [-0.05, 0) is 31.6 Å². The Labute approximate surface area is 68.6 Å². The van der Waals surface area contributed by atoms with Crippen LogP contribution in [0.2, 0.25) is 0 Å². The molecule has 0 bridgehead atoms. The fraction of sp³-hybridized carbons (Fsp3) is 1.00. The SMILES string of the molecule is CC(O)C(C)C1CCCOC1. The summed E-state index contributed by atoms with van der Waals surface area (Å²) in [5.74, 6) is 0.957. The molecule has 1 saturated heterocycles. The van der Waals surface area contributed by atoms with Gasteiger partial charge in [-0.1, -0.05) is 6.92 Å². The molecular weight excluding hydrogens is 140 g/mol. The number of ether oxygens (including phenoxy) is 1. The Kier molecular flexibility index (Phi) is 3.34. The third-order valence-electron chi connectivity index (χ3n) is 2.70. The molecule has 66 valence electrons. The first-order chi connectivity index (χ1) is 5.22. The number of rotatable bonds is 2. The van der Waals surface area contributed by atoms with Gasteiger partial charge in [0.25, 0.3) is 0 Å². The molecule has 0 spiro atoms. The van der Waals surface area contributed by atoms with Gasteiger partial charge in [0.1, 0.15) is 0 Å². The first-order valence-corrected chi connectivity index (χ1v) is 4.47. The first-order valence-electron chi connectivity index (χ1n) is 4.47. The van der Waals surface area contributed by atoms with E-state index in [1.54, 1.807) is 0 Å². The van der Waals surface area contributed by atoms with Crippen molar-refractivity contribution in [3.63, 3.8) is 0 Å². The van der Waals surface area contributed by atoms with Gasteiger partial charge in [-0.2, -0.15) is 0 Å². The summed E-state index contributed by atoms with van der Waals surface area (Å²) in [6.07, 6.45) is 2.18. The lowest BCUT2D eigenvalue weighted by Gasteiger charge is -2.29. The van der Waals surface area contributed by atoms with Crippen LogP contribution in [0.1, 0.15) is 26.7 Å². The number of hydrogen-bond donors (Lipinski definition) is 1. The molecule has 0 saturated carbocycles. The van der Waals surface area contributed by atoms with Crippen LogP contribution in [0.4, 0.5) is 0 Å². The minimum atomic E-state index is -0.193. The molecule has 2 nitrogen and oxygen atoms in total. The predicted octanol–water partition coefficient (Wildman–Crippen LogP) is 1.43. The van der Waals surface area contributed by atoms with Crippen molar-refractivity contribution in [2.24, 2.45) is 11.8 Å². The largest absolute Gasteiger partial charge is 0.393 e. The predicted molar refractivity (Wildman–Crippen MR) is 44.4 cm³/mol. The van der Waals surface area contributed by atoms with Crippen LogP contribution in [0.5, 0.6) is 0 Å². The summed E-state index contributed by atoms with van der Waals surface area (Å²) in [6, 6.07) is 0. The zero-order chi connectivity index (χ0) is 8.27. The summed E-state index contributed by atoms with van der Waals surface area (Å²) in [4.78, 5) is 0. The zero-order valence-electron chi connectivity index (χ0n) is 7.42. The highest BCUT2D eigenvalue weighted by Crippen LogP contribution is 2.24. The monoisotopic (exact) mass is 158 g/mol. The molecule has 0 aliphatic carbocycles. The standard InChI is InChI=1S/C9H18O2/c1-7(8(2)10)9-4-3-5-11-6-9/h7-10H,3-6H2,1-2H3. The van der Waals surface area contributed by atoms with Gasteiger partial charge in [0.2, 0.25) is 0 Å². The van der Waals surface area contributed by atoms with Gasteiger partial charge in [0.15, 0.2) is 0 Å². The van der Waals surface area contributed by atoms with Crippen LogP contribution in [0.15, 0.2) is 0 Å². The topological polar surface area (TPSA) is 29.5 Å². The van der Waals surface area contributed by atoms with Crippen molar-refractivity contribution in [1.29, 1.82) is 0 Å². The van der Waals surface area contributed by atoms with Crippen molar-refractivity contribution in [3.05, 3.63) is 0 Å². The van der Waals surface area contributed by atoms with Crippen molar-refractivity contribution >= 4 is 0 Å². The normalized spacial score (nSPS) is 31.4. The molecule has 1 rings (SSSR count). The minimum Gasteiger partial charge on any atom is -0.393 e. The van der Waals surface area contributed by atoms with E-state index in [1.807, 2.05) is 6.92 Å². The van der Waals surface area contributed by atoms with Gasteiger partial charge in [-0.3, -0.25) is 0 Å². The summed E-state index contributed by atoms with van der Waals surface area (Å²) < 4.78 is 5.34. The molecule has 0 amide bonds. The van der Waals surface area contributed by atoms with E-state index in [1.165, 1.54) is 6.42 Å². The average molecular weight is 158 g/mol. The Balaban J connectivity index is 2.32. The van der Waals surface area contributed by atoms with Gasteiger partial charge in [0, 0.05) is 13.2 Å². The van der Waals surface area contributed by atoms with Crippen LogP contribution < -0.4 is 0 Å². The van der Waals surface area contributed by atoms with Gasteiger partial charge in [-0.15, -0.1) is 0 Å². The van der Waals surface area contributed by atoms with Gasteiger partial charge >= 0.3 is 0 Å². The third kappa shape index (κ3) is 2.46. The average Bonchev–Trinajstić information content (AvgIpc) is 2.05. The zero-order valence-corrected chi connectivity index (χ0v) is 7.42. The smallest absolute Gasteiger partial charge is 0.0541 e. The molecule has 1 heterocycles. The van der Waals surface area contributed by atoms with Crippen LogP contribution in [0.25, 0.3) is 0 Å². The fourth-order valence-electron chi connectivity index (χ4n) is 1.57. The van der Waals surface area contributed by atoms with E-state index in [9.17, 15) is 5.11 Å². The molecular formula is C9H18O2. The highest BCUT2D eigenvalue weighted by Gasteiger charge is 2.23. The molecule has 0 aromatic heterocycles. The highest BCUT2D eigenvalue weighted by molar-refractivity contribution is 4.72. The quantitative estimate of drug-likeness (QED) is 0.658. The van der Waals surface area contributed by atoms with E-state index in [0.717, 1.165) is 19.6 Å². The minimum absolute atomic E-state index is 0.193. The van der Waals surface area contributed by atoms with Crippen LogP contribution >= 0.6 is 0 Å². The second-order valence-electron chi connectivity index (χ2n) is 3.58. The van der Waals surface area contributed by atoms with Gasteiger partial charge in [-0.25, -0.2) is 0 Å². The Hall–Kier alpha value is -0.0800. The fourth-order valence-corrected chi connectivity index (χ4v) is 1.57. The maximum absolute atomic E-state index is 9.32. The molecule has 2 heteroatoms. The summed E-state index contributed by atoms with van der Waals surface area (Å²) in [6.45, 7) is 5.71. The molecule has 1 fully saturated rings. The molecule has 0 radical (unpaired) electrons. The van der Waals surface area contributed by atoms with E-state index in [2.05, 4.69) is 6.92 Å². The van der Waals surface area contributed by atoms with E-state index >= 15 is 0 Å². The van der Waals surface area contributed by atoms with Crippen molar-refractivity contribution in [3.8, 4) is 0 Å². The Morgan fingerprint density at radius 3 is 2.64 bits per heavy atom. The molecule has 11 heavy (non-hydrogen) atoms. The van der Waals surface area contributed by atoms with E-state index in [4.69, 9.17) is 4.74 Å². The lowest BCUT2D eigenvalue weighted by atomic mass is 9.86. The summed E-state index contributed by atoms with van der Waals surface area (Å²) in [7, 11) is 0. The van der Waals surface area contributed by atoms with Crippen LogP contribution in [-0.4, -0.2) is 24.4 Å². The number of hydrogen-bond acceptors (Lipinski definition) is 2. The second-order valence-corrected chi connectivity index (χ2v) is 3.58. The molecule has 0 aromatic carbocycles. The first kappa shape index (κ1) is 9.01. The highest BCUT2D eigenvalue weighted by atomic mass is 16.5. The van der Waals surface area contributed by atoms with Crippen molar-refractivity contribution in [1.82, 2.24) is 0 Å². The lowest BCUT2D eigenvalue weighted by molar-refractivity contribution is 0.000290. The van der Waals surface area contributed by atoms with Gasteiger partial charge in [0.05, 0.1) is 6.10 Å². The second kappa shape index (κ2) is 4.07. The van der Waals surface area contributed by atoms with Crippen LogP contribution in [0.3, 0.4) is 0 Å². The molecule has 1 N–H and O–H groups in total. The molecule has 3 atom stereocenters. The van der Waals surface area contributed by atoms with E-state index in [0.29, 0.717) is 11.8 Å². The van der Waals surface area contributed by atoms with Crippen molar-refractivity contribution in [2.75, 3.05) is 13.2 Å². The van der Waals surface area contributed by atoms with Gasteiger partial charge < -0.3 is 9.84 Å². The van der Waals surface area contributed by atoms with Crippen molar-refractivity contribution in [2.45, 2.75) is 32.8 Å². The maximum atomic E-state index is 9.32. The molecule has 0 aromatic rings. The molecule has 1 aliphatic heterocycles. The Bertz CT molecular complexity index is 106. The third-order valence-corrected chi connectivity index (χ3v) is 2.70. The molecule has 1 aliphatic rings. The molecule has 3 unspecified atom stereocenters. The maximum Gasteiger partial charge on any atom is 0.0541 e. The van der Waals surface area contributed by atoms with Crippen LogP contribution in [-0.2, 0) is 4.74 Å². The Morgan fingerprint density at radius 2 is 2.18 bits per heavy atom. The van der Waals surface area contributed by atoms with Crippen molar-refractivity contribution < 1.29 is 9.84 Å². The summed E-state index contributed by atoms with van der Waals surface area (Å²) in [5.41, 5.74) is 0. The summed E-state index contributed by atoms with van der Waals surface area (Å²) >= 11 is 0. The summed E-state index contributed by atoms with van der Waals surface area (Å²) in [5, 5.41) is 9.32. The Morgan fingerprint density at radius 1 is 1.45 bits per heavy atom. The number of aliphatic hydroxyl groups excluding tert-OH is 1.